The second-order valence-corrected chi connectivity index (χ2v) is 6.53. The molecule has 0 aliphatic carbocycles. The third-order valence-electron chi connectivity index (χ3n) is 4.87. The van der Waals surface area contributed by atoms with E-state index in [1.165, 1.54) is 17.5 Å². The van der Waals surface area contributed by atoms with Crippen molar-refractivity contribution in [3.8, 4) is 0 Å². The SMILES string of the molecule is CCC1CNC(C)(c2ccccc2)CN1Cc1ccccc1. The predicted molar refractivity (Wildman–Crippen MR) is 92.7 cm³/mol. The molecule has 2 atom stereocenters. The zero-order valence-corrected chi connectivity index (χ0v) is 13.6. The van der Waals surface area contributed by atoms with Crippen molar-refractivity contribution in [2.45, 2.75) is 38.4 Å². The van der Waals surface area contributed by atoms with Crippen molar-refractivity contribution < 1.29 is 0 Å². The molecule has 1 aliphatic heterocycles. The van der Waals surface area contributed by atoms with Crippen LogP contribution in [0.15, 0.2) is 60.7 Å². The highest BCUT2D eigenvalue weighted by molar-refractivity contribution is 5.25. The first-order valence-electron chi connectivity index (χ1n) is 8.30. The standard InChI is InChI=1S/C20H26N2/c1-3-19-14-21-20(2,18-12-8-5-9-13-18)16-22(19)15-17-10-6-4-7-11-17/h4-13,19,21H,3,14-16H2,1-2H3. The lowest BCUT2D eigenvalue weighted by Crippen LogP contribution is -2.60. The lowest BCUT2D eigenvalue weighted by atomic mass is 9.87. The molecular formula is C20H26N2. The zero-order chi connectivity index (χ0) is 15.4. The molecule has 2 heteroatoms. The summed E-state index contributed by atoms with van der Waals surface area (Å²) < 4.78 is 0. The van der Waals surface area contributed by atoms with Gasteiger partial charge in [-0.15, -0.1) is 0 Å². The van der Waals surface area contributed by atoms with Gasteiger partial charge in [-0.05, 0) is 24.5 Å². The molecule has 1 N–H and O–H groups in total. The van der Waals surface area contributed by atoms with Crippen LogP contribution >= 0.6 is 0 Å². The van der Waals surface area contributed by atoms with Crippen molar-refractivity contribution in [3.63, 3.8) is 0 Å². The normalized spacial score (nSPS) is 26.0. The Bertz CT molecular complexity index is 581. The maximum absolute atomic E-state index is 3.79. The Kier molecular flexibility index (Phi) is 4.60. The molecule has 2 unspecified atom stereocenters. The van der Waals surface area contributed by atoms with E-state index in [2.05, 4.69) is 84.7 Å². The van der Waals surface area contributed by atoms with Gasteiger partial charge in [0.05, 0.1) is 5.54 Å². The Morgan fingerprint density at radius 2 is 1.68 bits per heavy atom. The maximum Gasteiger partial charge on any atom is 0.0535 e. The topological polar surface area (TPSA) is 15.3 Å². The molecular weight excluding hydrogens is 268 g/mol. The van der Waals surface area contributed by atoms with Crippen molar-refractivity contribution in [1.29, 1.82) is 0 Å². The highest BCUT2D eigenvalue weighted by atomic mass is 15.2. The van der Waals surface area contributed by atoms with Crippen LogP contribution in [0.25, 0.3) is 0 Å². The van der Waals surface area contributed by atoms with Gasteiger partial charge in [-0.1, -0.05) is 67.6 Å². The maximum atomic E-state index is 3.79. The van der Waals surface area contributed by atoms with E-state index in [1.807, 2.05) is 0 Å². The number of rotatable bonds is 4. The highest BCUT2D eigenvalue weighted by Crippen LogP contribution is 2.28. The summed E-state index contributed by atoms with van der Waals surface area (Å²) in [5.41, 5.74) is 2.81. The number of hydrogen-bond donors (Lipinski definition) is 1. The molecule has 1 aliphatic rings. The molecule has 2 aromatic rings. The summed E-state index contributed by atoms with van der Waals surface area (Å²) in [7, 11) is 0. The van der Waals surface area contributed by atoms with Gasteiger partial charge >= 0.3 is 0 Å². The van der Waals surface area contributed by atoms with Crippen molar-refractivity contribution in [2.24, 2.45) is 0 Å². The van der Waals surface area contributed by atoms with Crippen LogP contribution in [0, 0.1) is 0 Å². The average molecular weight is 294 g/mol. The van der Waals surface area contributed by atoms with Crippen molar-refractivity contribution in [1.82, 2.24) is 10.2 Å². The fourth-order valence-corrected chi connectivity index (χ4v) is 3.47. The molecule has 3 rings (SSSR count). The largest absolute Gasteiger partial charge is 0.305 e. The first kappa shape index (κ1) is 15.3. The summed E-state index contributed by atoms with van der Waals surface area (Å²) in [6, 6.07) is 22.3. The Morgan fingerprint density at radius 1 is 1.05 bits per heavy atom. The van der Waals surface area contributed by atoms with Crippen LogP contribution in [-0.2, 0) is 12.1 Å². The summed E-state index contributed by atoms with van der Waals surface area (Å²) >= 11 is 0. The number of piperazine rings is 1. The first-order chi connectivity index (χ1) is 10.7. The molecule has 0 aromatic heterocycles. The number of benzene rings is 2. The summed E-state index contributed by atoms with van der Waals surface area (Å²) in [6.07, 6.45) is 1.19. The minimum Gasteiger partial charge on any atom is -0.305 e. The molecule has 0 saturated carbocycles. The van der Waals surface area contributed by atoms with Crippen LogP contribution in [-0.4, -0.2) is 24.0 Å². The Hall–Kier alpha value is -1.64. The monoisotopic (exact) mass is 294 g/mol. The zero-order valence-electron chi connectivity index (χ0n) is 13.6. The summed E-state index contributed by atoms with van der Waals surface area (Å²) in [6.45, 7) is 7.74. The number of nitrogens with zero attached hydrogens (tertiary/aromatic N) is 1. The van der Waals surface area contributed by atoms with Crippen LogP contribution in [0.3, 0.4) is 0 Å². The summed E-state index contributed by atoms with van der Waals surface area (Å²) in [5, 5.41) is 3.79. The second-order valence-electron chi connectivity index (χ2n) is 6.53. The van der Waals surface area contributed by atoms with Gasteiger partial charge < -0.3 is 5.32 Å². The lowest BCUT2D eigenvalue weighted by Gasteiger charge is -2.46. The Morgan fingerprint density at radius 3 is 2.32 bits per heavy atom. The molecule has 116 valence electrons. The fourth-order valence-electron chi connectivity index (χ4n) is 3.47. The van der Waals surface area contributed by atoms with Gasteiger partial charge in [0, 0.05) is 25.7 Å². The van der Waals surface area contributed by atoms with Crippen LogP contribution < -0.4 is 5.32 Å². The van der Waals surface area contributed by atoms with Crippen molar-refractivity contribution >= 4 is 0 Å². The molecule has 0 radical (unpaired) electrons. The molecule has 1 saturated heterocycles. The van der Waals surface area contributed by atoms with Gasteiger partial charge in [-0.25, -0.2) is 0 Å². The van der Waals surface area contributed by atoms with Gasteiger partial charge in [0.1, 0.15) is 0 Å². The fraction of sp³-hybridized carbons (Fsp3) is 0.400. The Balaban J connectivity index is 1.80. The minimum absolute atomic E-state index is 0.0295. The van der Waals surface area contributed by atoms with Gasteiger partial charge in [0.25, 0.3) is 0 Å². The van der Waals surface area contributed by atoms with E-state index in [0.717, 1.165) is 19.6 Å². The third-order valence-corrected chi connectivity index (χ3v) is 4.87. The van der Waals surface area contributed by atoms with Crippen molar-refractivity contribution in [2.75, 3.05) is 13.1 Å². The van der Waals surface area contributed by atoms with E-state index in [-0.39, 0.29) is 5.54 Å². The van der Waals surface area contributed by atoms with E-state index in [0.29, 0.717) is 6.04 Å². The quantitative estimate of drug-likeness (QED) is 0.923. The van der Waals surface area contributed by atoms with E-state index < -0.39 is 0 Å². The Labute approximate surface area is 134 Å². The molecule has 0 amide bonds. The van der Waals surface area contributed by atoms with E-state index in [9.17, 15) is 0 Å². The van der Waals surface area contributed by atoms with Crippen LogP contribution in [0.1, 0.15) is 31.4 Å². The van der Waals surface area contributed by atoms with Crippen LogP contribution in [0.4, 0.5) is 0 Å². The third kappa shape index (κ3) is 3.23. The molecule has 1 fully saturated rings. The molecule has 0 spiro atoms. The van der Waals surface area contributed by atoms with Crippen molar-refractivity contribution in [3.05, 3.63) is 71.8 Å². The molecule has 2 nitrogen and oxygen atoms in total. The van der Waals surface area contributed by atoms with E-state index in [4.69, 9.17) is 0 Å². The lowest BCUT2D eigenvalue weighted by molar-refractivity contribution is 0.0764. The molecule has 1 heterocycles. The smallest absolute Gasteiger partial charge is 0.0535 e. The molecule has 2 aromatic carbocycles. The minimum atomic E-state index is 0.0295. The molecule has 22 heavy (non-hydrogen) atoms. The van der Waals surface area contributed by atoms with Crippen LogP contribution in [0.2, 0.25) is 0 Å². The first-order valence-corrected chi connectivity index (χ1v) is 8.30. The van der Waals surface area contributed by atoms with E-state index >= 15 is 0 Å². The van der Waals surface area contributed by atoms with Gasteiger partial charge in [-0.3, -0.25) is 4.90 Å². The second kappa shape index (κ2) is 6.64. The number of hydrogen-bond acceptors (Lipinski definition) is 2. The summed E-state index contributed by atoms with van der Waals surface area (Å²) in [5.74, 6) is 0. The highest BCUT2D eigenvalue weighted by Gasteiger charge is 2.36. The number of nitrogens with one attached hydrogen (secondary N) is 1. The molecule has 0 bridgehead atoms. The summed E-state index contributed by atoms with van der Waals surface area (Å²) in [4.78, 5) is 2.64. The van der Waals surface area contributed by atoms with Crippen LogP contribution in [0.5, 0.6) is 0 Å². The van der Waals surface area contributed by atoms with Gasteiger partial charge in [-0.2, -0.15) is 0 Å². The van der Waals surface area contributed by atoms with Gasteiger partial charge in [0.15, 0.2) is 0 Å². The van der Waals surface area contributed by atoms with Gasteiger partial charge in [0.2, 0.25) is 0 Å². The predicted octanol–water partition coefficient (Wildman–Crippen LogP) is 3.79. The average Bonchev–Trinajstić information content (AvgIpc) is 2.57. The van der Waals surface area contributed by atoms with E-state index in [1.54, 1.807) is 0 Å².